The normalized spacial score (nSPS) is 17.4. The van der Waals surface area contributed by atoms with Gasteiger partial charge in [-0.15, -0.1) is 0 Å². The molecule has 20 heavy (non-hydrogen) atoms. The van der Waals surface area contributed by atoms with Crippen LogP contribution in [0.4, 0.5) is 10.1 Å². The number of carbonyl (C=O) groups is 1. The van der Waals surface area contributed by atoms with Crippen LogP contribution >= 0.6 is 11.8 Å². The standard InChI is InChI=1S/C15H16FNO2S/c16-13-4-5-14(11(9-13)3-1-2-7-18)17-15(19)12-6-8-20-10-12/h4-5,9,12,18H,2,6-8,10H2,(H,17,19). The fraction of sp³-hybridized carbons (Fsp3) is 0.400. The summed E-state index contributed by atoms with van der Waals surface area (Å²) in [5.41, 5.74) is 0.969. The Balaban J connectivity index is 2.14. The van der Waals surface area contributed by atoms with Crippen LogP contribution in [0.3, 0.4) is 0 Å². The van der Waals surface area contributed by atoms with Gasteiger partial charge in [-0.05, 0) is 30.4 Å². The first-order chi connectivity index (χ1) is 9.70. The Morgan fingerprint density at radius 2 is 2.40 bits per heavy atom. The summed E-state index contributed by atoms with van der Waals surface area (Å²) in [5.74, 6) is 6.94. The van der Waals surface area contributed by atoms with Gasteiger partial charge in [-0.1, -0.05) is 11.8 Å². The molecule has 2 N–H and O–H groups in total. The van der Waals surface area contributed by atoms with Gasteiger partial charge in [0.2, 0.25) is 5.91 Å². The molecule has 1 aliphatic heterocycles. The zero-order valence-electron chi connectivity index (χ0n) is 11.0. The predicted octanol–water partition coefficient (Wildman–Crippen LogP) is 2.25. The van der Waals surface area contributed by atoms with E-state index in [-0.39, 0.29) is 18.4 Å². The van der Waals surface area contributed by atoms with Gasteiger partial charge in [-0.25, -0.2) is 4.39 Å². The minimum Gasteiger partial charge on any atom is -0.395 e. The lowest BCUT2D eigenvalue weighted by Crippen LogP contribution is -2.22. The minimum atomic E-state index is -0.396. The molecule has 1 unspecified atom stereocenters. The lowest BCUT2D eigenvalue weighted by Gasteiger charge is -2.11. The van der Waals surface area contributed by atoms with Crippen LogP contribution in [-0.4, -0.2) is 29.1 Å². The fourth-order valence-electron chi connectivity index (χ4n) is 1.92. The van der Waals surface area contributed by atoms with Crippen LogP contribution in [0.1, 0.15) is 18.4 Å². The Labute approximate surface area is 122 Å². The summed E-state index contributed by atoms with van der Waals surface area (Å²) in [4.78, 5) is 12.1. The molecule has 0 bridgehead atoms. The Hall–Kier alpha value is -1.51. The molecule has 3 nitrogen and oxygen atoms in total. The lowest BCUT2D eigenvalue weighted by atomic mass is 10.1. The maximum Gasteiger partial charge on any atom is 0.228 e. The van der Waals surface area contributed by atoms with E-state index in [1.165, 1.54) is 18.2 Å². The first-order valence-corrected chi connectivity index (χ1v) is 7.64. The summed E-state index contributed by atoms with van der Waals surface area (Å²) in [6, 6.07) is 4.12. The molecular formula is C15H16FNO2S. The second-order valence-corrected chi connectivity index (χ2v) is 5.66. The summed E-state index contributed by atoms with van der Waals surface area (Å²) in [7, 11) is 0. The SMILES string of the molecule is O=C(Nc1ccc(F)cc1C#CCCO)C1CCSC1. The van der Waals surface area contributed by atoms with Crippen molar-refractivity contribution >= 4 is 23.4 Å². The first kappa shape index (κ1) is 14.9. The molecule has 106 valence electrons. The number of anilines is 1. The zero-order chi connectivity index (χ0) is 14.4. The van der Waals surface area contributed by atoms with Crippen molar-refractivity contribution in [3.63, 3.8) is 0 Å². The Morgan fingerprint density at radius 1 is 1.55 bits per heavy atom. The molecule has 5 heteroatoms. The van der Waals surface area contributed by atoms with Gasteiger partial charge in [0, 0.05) is 18.1 Å². The highest BCUT2D eigenvalue weighted by atomic mass is 32.2. The average molecular weight is 293 g/mol. The number of carbonyl (C=O) groups excluding carboxylic acids is 1. The molecule has 0 aliphatic carbocycles. The van der Waals surface area contributed by atoms with Gasteiger partial charge in [0.25, 0.3) is 0 Å². The number of halogens is 1. The molecule has 1 aromatic carbocycles. The van der Waals surface area contributed by atoms with Gasteiger partial charge < -0.3 is 10.4 Å². The van der Waals surface area contributed by atoms with Crippen molar-refractivity contribution in [1.82, 2.24) is 0 Å². The molecule has 2 rings (SSSR count). The third kappa shape index (κ3) is 3.99. The quantitative estimate of drug-likeness (QED) is 0.840. The number of aliphatic hydroxyl groups is 1. The van der Waals surface area contributed by atoms with E-state index < -0.39 is 5.82 Å². The number of aliphatic hydroxyl groups excluding tert-OH is 1. The second-order valence-electron chi connectivity index (χ2n) is 4.52. The molecule has 1 saturated heterocycles. The summed E-state index contributed by atoms with van der Waals surface area (Å²) < 4.78 is 13.3. The molecule has 0 aromatic heterocycles. The van der Waals surface area contributed by atoms with E-state index in [0.717, 1.165) is 17.9 Å². The highest BCUT2D eigenvalue weighted by Crippen LogP contribution is 2.25. The van der Waals surface area contributed by atoms with Crippen LogP contribution in [0.2, 0.25) is 0 Å². The van der Waals surface area contributed by atoms with Crippen molar-refractivity contribution < 1.29 is 14.3 Å². The monoisotopic (exact) mass is 293 g/mol. The largest absolute Gasteiger partial charge is 0.395 e. The molecule has 0 saturated carbocycles. The van der Waals surface area contributed by atoms with E-state index in [2.05, 4.69) is 17.2 Å². The molecule has 1 aromatic rings. The molecule has 0 spiro atoms. The highest BCUT2D eigenvalue weighted by molar-refractivity contribution is 7.99. The van der Waals surface area contributed by atoms with E-state index in [4.69, 9.17) is 5.11 Å². The molecule has 0 radical (unpaired) electrons. The highest BCUT2D eigenvalue weighted by Gasteiger charge is 2.23. The predicted molar refractivity (Wildman–Crippen MR) is 79.0 cm³/mol. The number of nitrogens with one attached hydrogen (secondary N) is 1. The van der Waals surface area contributed by atoms with Gasteiger partial charge in [0.15, 0.2) is 0 Å². The summed E-state index contributed by atoms with van der Waals surface area (Å²) in [5, 5.41) is 11.5. The Kier molecular flexibility index (Phi) is 5.45. The van der Waals surface area contributed by atoms with Crippen LogP contribution in [0, 0.1) is 23.6 Å². The third-order valence-corrected chi connectivity index (χ3v) is 4.16. The maximum absolute atomic E-state index is 13.3. The molecule has 1 atom stereocenters. The van der Waals surface area contributed by atoms with Crippen LogP contribution in [0.5, 0.6) is 0 Å². The van der Waals surface area contributed by atoms with Crippen molar-refractivity contribution in [3.8, 4) is 11.8 Å². The number of hydrogen-bond acceptors (Lipinski definition) is 3. The molecule has 1 aliphatic rings. The van der Waals surface area contributed by atoms with Crippen molar-refractivity contribution in [3.05, 3.63) is 29.6 Å². The van der Waals surface area contributed by atoms with Crippen molar-refractivity contribution in [1.29, 1.82) is 0 Å². The van der Waals surface area contributed by atoms with E-state index >= 15 is 0 Å². The topological polar surface area (TPSA) is 49.3 Å². The third-order valence-electron chi connectivity index (χ3n) is 3.00. The minimum absolute atomic E-state index is 0.0169. The van der Waals surface area contributed by atoms with Crippen LogP contribution < -0.4 is 5.32 Å². The van der Waals surface area contributed by atoms with Gasteiger partial charge >= 0.3 is 0 Å². The van der Waals surface area contributed by atoms with E-state index in [0.29, 0.717) is 17.7 Å². The molecular weight excluding hydrogens is 277 g/mol. The lowest BCUT2D eigenvalue weighted by molar-refractivity contribution is -0.119. The van der Waals surface area contributed by atoms with E-state index in [1.54, 1.807) is 11.8 Å². The van der Waals surface area contributed by atoms with Crippen molar-refractivity contribution in [2.24, 2.45) is 5.92 Å². The summed E-state index contributed by atoms with van der Waals surface area (Å²) >= 11 is 1.77. The number of thioether (sulfide) groups is 1. The van der Waals surface area contributed by atoms with Gasteiger partial charge in [-0.3, -0.25) is 4.79 Å². The number of benzene rings is 1. The summed E-state index contributed by atoms with van der Waals surface area (Å²) in [6.07, 6.45) is 1.20. The first-order valence-electron chi connectivity index (χ1n) is 6.48. The van der Waals surface area contributed by atoms with Crippen molar-refractivity contribution in [2.75, 3.05) is 23.4 Å². The summed E-state index contributed by atoms with van der Waals surface area (Å²) in [6.45, 7) is -0.0384. The number of hydrogen-bond donors (Lipinski definition) is 2. The number of amides is 1. The van der Waals surface area contributed by atoms with E-state index in [1.807, 2.05) is 0 Å². The van der Waals surface area contributed by atoms with Crippen LogP contribution in [-0.2, 0) is 4.79 Å². The van der Waals surface area contributed by atoms with Gasteiger partial charge in [0.05, 0.1) is 17.9 Å². The van der Waals surface area contributed by atoms with Gasteiger partial charge in [-0.2, -0.15) is 11.8 Å². The molecule has 1 amide bonds. The van der Waals surface area contributed by atoms with Crippen LogP contribution in [0.25, 0.3) is 0 Å². The maximum atomic E-state index is 13.3. The Morgan fingerprint density at radius 3 is 3.10 bits per heavy atom. The van der Waals surface area contributed by atoms with E-state index in [9.17, 15) is 9.18 Å². The second kappa shape index (κ2) is 7.32. The fourth-order valence-corrected chi connectivity index (χ4v) is 3.14. The average Bonchev–Trinajstić information content (AvgIpc) is 2.96. The molecule has 1 fully saturated rings. The van der Waals surface area contributed by atoms with Gasteiger partial charge in [0.1, 0.15) is 5.82 Å². The number of rotatable bonds is 3. The zero-order valence-corrected chi connectivity index (χ0v) is 11.8. The Bertz CT molecular complexity index is 545. The van der Waals surface area contributed by atoms with Crippen LogP contribution in [0.15, 0.2) is 18.2 Å². The smallest absolute Gasteiger partial charge is 0.228 e. The van der Waals surface area contributed by atoms with Crippen molar-refractivity contribution in [2.45, 2.75) is 12.8 Å². The molecule has 1 heterocycles.